The van der Waals surface area contributed by atoms with Gasteiger partial charge in [-0.15, -0.1) is 24.0 Å². The number of benzene rings is 1. The molecule has 1 aromatic heterocycles. The molecule has 8 heteroatoms. The molecule has 0 aliphatic rings. The third-order valence-corrected chi connectivity index (χ3v) is 4.11. The van der Waals surface area contributed by atoms with Crippen LogP contribution >= 0.6 is 24.0 Å². The van der Waals surface area contributed by atoms with Crippen molar-refractivity contribution in [2.75, 3.05) is 39.6 Å². The van der Waals surface area contributed by atoms with Gasteiger partial charge in [0.1, 0.15) is 5.82 Å². The minimum Gasteiger partial charge on any atom is -0.362 e. The maximum Gasteiger partial charge on any atom is 0.253 e. The second-order valence-corrected chi connectivity index (χ2v) is 6.83. The smallest absolute Gasteiger partial charge is 0.253 e. The van der Waals surface area contributed by atoms with Crippen LogP contribution in [0.3, 0.4) is 0 Å². The molecule has 0 aliphatic carbocycles. The second kappa shape index (κ2) is 12.3. The van der Waals surface area contributed by atoms with Crippen molar-refractivity contribution in [3.05, 3.63) is 59.3 Å². The number of carbonyl (C=O) groups is 1. The zero-order valence-electron chi connectivity index (χ0n) is 17.8. The zero-order chi connectivity index (χ0) is 20.5. The number of nitrogens with zero attached hydrogens (tertiary/aromatic N) is 4. The first-order valence-electron chi connectivity index (χ1n) is 9.36. The van der Waals surface area contributed by atoms with Gasteiger partial charge in [-0.2, -0.15) is 0 Å². The lowest BCUT2D eigenvalue weighted by Crippen LogP contribution is -2.37. The molecule has 0 saturated carbocycles. The van der Waals surface area contributed by atoms with Crippen LogP contribution in [0, 0.1) is 0 Å². The molecule has 0 aliphatic heterocycles. The summed E-state index contributed by atoms with van der Waals surface area (Å²) in [5, 5.41) is 6.62. The van der Waals surface area contributed by atoms with E-state index in [1.165, 1.54) is 0 Å². The first-order chi connectivity index (χ1) is 13.4. The van der Waals surface area contributed by atoms with Crippen molar-refractivity contribution in [1.29, 1.82) is 0 Å². The highest BCUT2D eigenvalue weighted by Gasteiger charge is 2.08. The van der Waals surface area contributed by atoms with E-state index in [-0.39, 0.29) is 29.9 Å². The lowest BCUT2D eigenvalue weighted by Gasteiger charge is -2.17. The van der Waals surface area contributed by atoms with Crippen molar-refractivity contribution in [2.45, 2.75) is 20.0 Å². The van der Waals surface area contributed by atoms with Gasteiger partial charge in [-0.05, 0) is 30.7 Å². The summed E-state index contributed by atoms with van der Waals surface area (Å²) in [5.41, 5.74) is 2.82. The van der Waals surface area contributed by atoms with Crippen molar-refractivity contribution in [3.8, 4) is 0 Å². The maximum absolute atomic E-state index is 12.0. The molecule has 7 nitrogen and oxygen atoms in total. The van der Waals surface area contributed by atoms with Crippen molar-refractivity contribution in [3.63, 3.8) is 0 Å². The van der Waals surface area contributed by atoms with Gasteiger partial charge in [0, 0.05) is 58.6 Å². The molecule has 0 atom stereocenters. The Morgan fingerprint density at radius 2 is 1.76 bits per heavy atom. The molecule has 0 spiro atoms. The number of nitrogens with one attached hydrogen (secondary N) is 2. The fourth-order valence-corrected chi connectivity index (χ4v) is 2.67. The van der Waals surface area contributed by atoms with E-state index in [0.717, 1.165) is 29.4 Å². The lowest BCUT2D eigenvalue weighted by atomic mass is 10.1. The van der Waals surface area contributed by atoms with Gasteiger partial charge in [-0.25, -0.2) is 9.98 Å². The summed E-state index contributed by atoms with van der Waals surface area (Å²) in [6.45, 7) is 3.96. The molecule has 0 fully saturated rings. The highest BCUT2D eigenvalue weighted by molar-refractivity contribution is 14.0. The Balaban J connectivity index is 0.00000420. The minimum atomic E-state index is -0.00164. The van der Waals surface area contributed by atoms with Crippen LogP contribution in [0.25, 0.3) is 0 Å². The summed E-state index contributed by atoms with van der Waals surface area (Å²) in [7, 11) is 7.46. The van der Waals surface area contributed by atoms with Gasteiger partial charge < -0.3 is 20.4 Å². The highest BCUT2D eigenvalue weighted by Crippen LogP contribution is 2.13. The van der Waals surface area contributed by atoms with Crippen LogP contribution < -0.4 is 15.5 Å². The fraction of sp³-hybridized carbons (Fsp3) is 0.381. The third kappa shape index (κ3) is 7.52. The summed E-state index contributed by atoms with van der Waals surface area (Å²) < 4.78 is 0. The van der Waals surface area contributed by atoms with Crippen molar-refractivity contribution < 1.29 is 4.79 Å². The quantitative estimate of drug-likeness (QED) is 0.341. The number of amides is 1. The summed E-state index contributed by atoms with van der Waals surface area (Å²) in [6, 6.07) is 11.5. The van der Waals surface area contributed by atoms with Gasteiger partial charge in [0.25, 0.3) is 5.91 Å². The molecule has 1 heterocycles. The van der Waals surface area contributed by atoms with Crippen LogP contribution in [0.15, 0.2) is 47.6 Å². The SMILES string of the molecule is CCNC(=NCc1ccc(C(=O)N(C)C)cc1)NCc1cccnc1N(C)C.I. The molecule has 0 radical (unpaired) electrons. The first kappa shape index (κ1) is 24.7. The van der Waals surface area contributed by atoms with E-state index in [0.29, 0.717) is 18.7 Å². The maximum atomic E-state index is 12.0. The predicted octanol–water partition coefficient (Wildman–Crippen LogP) is 2.72. The summed E-state index contributed by atoms with van der Waals surface area (Å²) >= 11 is 0. The predicted molar refractivity (Wildman–Crippen MR) is 130 cm³/mol. The van der Waals surface area contributed by atoms with Gasteiger partial charge in [0.2, 0.25) is 0 Å². The van der Waals surface area contributed by atoms with E-state index in [1.807, 2.05) is 56.3 Å². The normalized spacial score (nSPS) is 10.7. The number of pyridine rings is 1. The average molecular weight is 510 g/mol. The van der Waals surface area contributed by atoms with E-state index in [2.05, 4.69) is 26.7 Å². The van der Waals surface area contributed by atoms with E-state index in [9.17, 15) is 4.79 Å². The Morgan fingerprint density at radius 1 is 1.07 bits per heavy atom. The zero-order valence-corrected chi connectivity index (χ0v) is 20.1. The standard InChI is InChI=1S/C21H30N6O.HI/c1-6-22-21(25-15-18-8-7-13-23-19(18)26(2)3)24-14-16-9-11-17(12-10-16)20(28)27(4)5;/h7-13H,6,14-15H2,1-5H3,(H2,22,24,25);1H. The number of rotatable bonds is 7. The lowest BCUT2D eigenvalue weighted by molar-refractivity contribution is 0.0827. The van der Waals surface area contributed by atoms with Gasteiger partial charge in [0.05, 0.1) is 6.54 Å². The Hall–Kier alpha value is -2.36. The van der Waals surface area contributed by atoms with Gasteiger partial charge >= 0.3 is 0 Å². The van der Waals surface area contributed by atoms with Crippen LogP contribution in [-0.2, 0) is 13.1 Å². The van der Waals surface area contributed by atoms with Crippen molar-refractivity contribution in [1.82, 2.24) is 20.5 Å². The Morgan fingerprint density at radius 3 is 2.34 bits per heavy atom. The first-order valence-corrected chi connectivity index (χ1v) is 9.36. The van der Waals surface area contributed by atoms with Gasteiger partial charge in [-0.1, -0.05) is 18.2 Å². The molecule has 2 aromatic rings. The van der Waals surface area contributed by atoms with Crippen LogP contribution in [0.1, 0.15) is 28.4 Å². The van der Waals surface area contributed by atoms with Crippen LogP contribution in [-0.4, -0.2) is 56.5 Å². The second-order valence-electron chi connectivity index (χ2n) is 6.83. The molecular weight excluding hydrogens is 479 g/mol. The third-order valence-electron chi connectivity index (χ3n) is 4.11. The summed E-state index contributed by atoms with van der Waals surface area (Å²) in [6.07, 6.45) is 1.79. The average Bonchev–Trinajstić information content (AvgIpc) is 2.70. The number of aliphatic imine (C=N–C) groups is 1. The molecular formula is C21H31IN6O. The van der Waals surface area contributed by atoms with E-state index in [4.69, 9.17) is 0 Å². The number of halogens is 1. The molecule has 1 amide bonds. The highest BCUT2D eigenvalue weighted by atomic mass is 127. The van der Waals surface area contributed by atoms with Gasteiger partial charge in [0.15, 0.2) is 5.96 Å². The number of aromatic nitrogens is 1. The van der Waals surface area contributed by atoms with Crippen LogP contribution in [0.2, 0.25) is 0 Å². The number of hydrogen-bond donors (Lipinski definition) is 2. The molecule has 0 bridgehead atoms. The molecule has 158 valence electrons. The van der Waals surface area contributed by atoms with Crippen LogP contribution in [0.5, 0.6) is 0 Å². The minimum absolute atomic E-state index is 0. The topological polar surface area (TPSA) is 72.9 Å². The molecule has 2 N–H and O–H groups in total. The summed E-state index contributed by atoms with van der Waals surface area (Å²) in [4.78, 5) is 24.6. The summed E-state index contributed by atoms with van der Waals surface area (Å²) in [5.74, 6) is 1.68. The Kier molecular flexibility index (Phi) is 10.4. The van der Waals surface area contributed by atoms with Gasteiger partial charge in [-0.3, -0.25) is 4.79 Å². The van der Waals surface area contributed by atoms with Crippen molar-refractivity contribution in [2.24, 2.45) is 4.99 Å². The van der Waals surface area contributed by atoms with Crippen molar-refractivity contribution >= 4 is 41.7 Å². The monoisotopic (exact) mass is 510 g/mol. The number of guanidine groups is 1. The molecule has 29 heavy (non-hydrogen) atoms. The van der Waals surface area contributed by atoms with E-state index < -0.39 is 0 Å². The van der Waals surface area contributed by atoms with Crippen LogP contribution in [0.4, 0.5) is 5.82 Å². The molecule has 1 aromatic carbocycles. The largest absolute Gasteiger partial charge is 0.362 e. The molecule has 0 saturated heterocycles. The van der Waals surface area contributed by atoms with E-state index in [1.54, 1.807) is 25.2 Å². The Labute approximate surface area is 190 Å². The molecule has 0 unspecified atom stereocenters. The number of hydrogen-bond acceptors (Lipinski definition) is 4. The van der Waals surface area contributed by atoms with E-state index >= 15 is 0 Å². The molecule has 2 rings (SSSR count). The number of anilines is 1. The number of carbonyl (C=O) groups excluding carboxylic acids is 1. The fourth-order valence-electron chi connectivity index (χ4n) is 2.67. The Bertz CT molecular complexity index is 805.